The first-order valence-corrected chi connectivity index (χ1v) is 12.0. The third-order valence-electron chi connectivity index (χ3n) is 5.63. The summed E-state index contributed by atoms with van der Waals surface area (Å²) in [6.07, 6.45) is 34.7. The summed E-state index contributed by atoms with van der Waals surface area (Å²) in [7, 11) is 0. The maximum atomic E-state index is 4.10. The SMILES string of the molecule is CCCCCCCCCCCCCCCCCCC=CC(C)n1ccnc1. The van der Waals surface area contributed by atoms with Crippen LogP contribution in [0.3, 0.4) is 0 Å². The van der Waals surface area contributed by atoms with Crippen LogP contribution in [0.5, 0.6) is 0 Å². The molecule has 1 aromatic rings. The Bertz CT molecular complexity index is 422. The minimum atomic E-state index is 0.425. The number of allylic oxidation sites excluding steroid dienone is 2. The van der Waals surface area contributed by atoms with E-state index in [1.54, 1.807) is 0 Å². The van der Waals surface area contributed by atoms with Crippen molar-refractivity contribution in [1.82, 2.24) is 9.55 Å². The van der Waals surface area contributed by atoms with Crippen molar-refractivity contribution in [1.29, 1.82) is 0 Å². The third kappa shape index (κ3) is 14.7. The largest absolute Gasteiger partial charge is 0.331 e. The van der Waals surface area contributed by atoms with Gasteiger partial charge in [-0.3, -0.25) is 0 Å². The highest BCUT2D eigenvalue weighted by Crippen LogP contribution is 2.14. The molecule has 0 N–H and O–H groups in total. The number of hydrogen-bond donors (Lipinski definition) is 0. The zero-order valence-electron chi connectivity index (χ0n) is 18.4. The first-order chi connectivity index (χ1) is 13.3. The average molecular weight is 375 g/mol. The fourth-order valence-corrected chi connectivity index (χ4v) is 3.71. The van der Waals surface area contributed by atoms with E-state index in [-0.39, 0.29) is 0 Å². The van der Waals surface area contributed by atoms with E-state index in [2.05, 4.69) is 35.6 Å². The van der Waals surface area contributed by atoms with Gasteiger partial charge in [-0.15, -0.1) is 0 Å². The Balaban J connectivity index is 1.74. The van der Waals surface area contributed by atoms with Gasteiger partial charge in [0.05, 0.1) is 6.33 Å². The summed E-state index contributed by atoms with van der Waals surface area (Å²) in [4.78, 5) is 4.10. The van der Waals surface area contributed by atoms with Crippen molar-refractivity contribution in [3.63, 3.8) is 0 Å². The van der Waals surface area contributed by atoms with Gasteiger partial charge < -0.3 is 4.57 Å². The lowest BCUT2D eigenvalue weighted by atomic mass is 10.0. The van der Waals surface area contributed by atoms with Gasteiger partial charge in [-0.25, -0.2) is 4.98 Å². The van der Waals surface area contributed by atoms with E-state index in [9.17, 15) is 0 Å². The van der Waals surface area contributed by atoms with Gasteiger partial charge in [0.2, 0.25) is 0 Å². The number of aromatic nitrogens is 2. The molecule has 0 aliphatic rings. The zero-order valence-corrected chi connectivity index (χ0v) is 18.4. The van der Waals surface area contributed by atoms with E-state index in [0.717, 1.165) is 0 Å². The molecule has 1 atom stereocenters. The van der Waals surface area contributed by atoms with E-state index < -0.39 is 0 Å². The van der Waals surface area contributed by atoms with E-state index in [4.69, 9.17) is 0 Å². The number of hydrogen-bond acceptors (Lipinski definition) is 1. The van der Waals surface area contributed by atoms with Crippen LogP contribution in [-0.2, 0) is 0 Å². The number of rotatable bonds is 19. The van der Waals surface area contributed by atoms with E-state index in [1.165, 1.54) is 109 Å². The van der Waals surface area contributed by atoms with Gasteiger partial charge in [0.15, 0.2) is 0 Å². The summed E-state index contributed by atoms with van der Waals surface area (Å²) >= 11 is 0. The van der Waals surface area contributed by atoms with Crippen LogP contribution in [0.2, 0.25) is 0 Å². The monoisotopic (exact) mass is 374 g/mol. The molecular formula is C25H46N2. The summed E-state index contributed by atoms with van der Waals surface area (Å²) in [5.74, 6) is 0. The Kier molecular flexibility index (Phi) is 16.3. The van der Waals surface area contributed by atoms with E-state index >= 15 is 0 Å². The van der Waals surface area contributed by atoms with Crippen molar-refractivity contribution in [2.45, 2.75) is 129 Å². The molecule has 0 saturated heterocycles. The summed E-state index contributed by atoms with van der Waals surface area (Å²) in [5, 5.41) is 0. The highest BCUT2D eigenvalue weighted by molar-refractivity contribution is 4.92. The van der Waals surface area contributed by atoms with Crippen LogP contribution >= 0.6 is 0 Å². The molecule has 0 amide bonds. The molecule has 0 aromatic carbocycles. The van der Waals surface area contributed by atoms with Crippen molar-refractivity contribution < 1.29 is 0 Å². The molecule has 1 heterocycles. The molecule has 0 aliphatic carbocycles. The molecule has 27 heavy (non-hydrogen) atoms. The Labute approximate surface area is 169 Å². The van der Waals surface area contributed by atoms with Crippen LogP contribution in [-0.4, -0.2) is 9.55 Å². The Morgan fingerprint density at radius 2 is 1.22 bits per heavy atom. The van der Waals surface area contributed by atoms with Gasteiger partial charge in [-0.1, -0.05) is 115 Å². The van der Waals surface area contributed by atoms with Crippen LogP contribution < -0.4 is 0 Å². The smallest absolute Gasteiger partial charge is 0.0951 e. The zero-order chi connectivity index (χ0) is 19.4. The summed E-state index contributed by atoms with van der Waals surface area (Å²) in [6, 6.07) is 0.425. The molecule has 0 fully saturated rings. The summed E-state index contributed by atoms with van der Waals surface area (Å²) < 4.78 is 2.14. The Morgan fingerprint density at radius 3 is 1.67 bits per heavy atom. The predicted octanol–water partition coefficient (Wildman–Crippen LogP) is 8.65. The predicted molar refractivity (Wildman–Crippen MR) is 120 cm³/mol. The molecule has 1 rings (SSSR count). The molecule has 156 valence electrons. The van der Waals surface area contributed by atoms with Crippen molar-refractivity contribution in [3.8, 4) is 0 Å². The molecule has 1 unspecified atom stereocenters. The molecule has 1 aromatic heterocycles. The second kappa shape index (κ2) is 18.3. The lowest BCUT2D eigenvalue weighted by Gasteiger charge is -2.06. The summed E-state index contributed by atoms with van der Waals surface area (Å²) in [5.41, 5.74) is 0. The van der Waals surface area contributed by atoms with Gasteiger partial charge in [0, 0.05) is 18.4 Å². The maximum Gasteiger partial charge on any atom is 0.0951 e. The topological polar surface area (TPSA) is 17.8 Å². The lowest BCUT2D eigenvalue weighted by Crippen LogP contribution is -1.97. The Morgan fingerprint density at radius 1 is 0.741 bits per heavy atom. The van der Waals surface area contributed by atoms with Gasteiger partial charge in [-0.05, 0) is 19.8 Å². The van der Waals surface area contributed by atoms with Gasteiger partial charge >= 0.3 is 0 Å². The first kappa shape index (κ1) is 24.0. The maximum absolute atomic E-state index is 4.10. The van der Waals surface area contributed by atoms with Gasteiger partial charge in [0.25, 0.3) is 0 Å². The molecule has 0 radical (unpaired) electrons. The third-order valence-corrected chi connectivity index (χ3v) is 5.63. The normalized spacial score (nSPS) is 12.8. The highest BCUT2D eigenvalue weighted by atomic mass is 15.0. The van der Waals surface area contributed by atoms with E-state index in [1.807, 2.05) is 18.7 Å². The minimum absolute atomic E-state index is 0.425. The fourth-order valence-electron chi connectivity index (χ4n) is 3.71. The molecular weight excluding hydrogens is 328 g/mol. The number of nitrogens with zero attached hydrogens (tertiary/aromatic N) is 2. The van der Waals surface area contributed by atoms with Crippen molar-refractivity contribution in [2.24, 2.45) is 0 Å². The number of unbranched alkanes of at least 4 members (excludes halogenated alkanes) is 16. The summed E-state index contributed by atoms with van der Waals surface area (Å²) in [6.45, 7) is 4.51. The van der Waals surface area contributed by atoms with Crippen LogP contribution in [0.15, 0.2) is 30.9 Å². The quantitative estimate of drug-likeness (QED) is 0.175. The molecule has 2 heteroatoms. The van der Waals surface area contributed by atoms with E-state index in [0.29, 0.717) is 6.04 Å². The van der Waals surface area contributed by atoms with Crippen LogP contribution in [0.1, 0.15) is 129 Å². The van der Waals surface area contributed by atoms with Gasteiger partial charge in [0.1, 0.15) is 0 Å². The lowest BCUT2D eigenvalue weighted by molar-refractivity contribution is 0.530. The first-order valence-electron chi connectivity index (χ1n) is 12.0. The van der Waals surface area contributed by atoms with Crippen molar-refractivity contribution >= 4 is 0 Å². The highest BCUT2D eigenvalue weighted by Gasteiger charge is 1.97. The Hall–Kier alpha value is -1.05. The van der Waals surface area contributed by atoms with Crippen LogP contribution in [0.4, 0.5) is 0 Å². The standard InChI is InChI=1S/C25H46N2/c1-3-4-5-6-7-8-9-10-11-12-13-14-15-16-17-18-19-20-21-25(2)27-23-22-26-24-27/h20-25H,3-19H2,1-2H3. The molecule has 0 saturated carbocycles. The average Bonchev–Trinajstić information content (AvgIpc) is 3.22. The van der Waals surface area contributed by atoms with Crippen molar-refractivity contribution in [2.75, 3.05) is 0 Å². The minimum Gasteiger partial charge on any atom is -0.331 e. The van der Waals surface area contributed by atoms with Crippen molar-refractivity contribution in [3.05, 3.63) is 30.9 Å². The molecule has 0 aliphatic heterocycles. The molecule has 2 nitrogen and oxygen atoms in total. The number of imidazole rings is 1. The second-order valence-electron chi connectivity index (χ2n) is 8.27. The van der Waals surface area contributed by atoms with Crippen LogP contribution in [0.25, 0.3) is 0 Å². The molecule has 0 spiro atoms. The molecule has 0 bridgehead atoms. The van der Waals surface area contributed by atoms with Gasteiger partial charge in [-0.2, -0.15) is 0 Å². The van der Waals surface area contributed by atoms with Crippen LogP contribution in [0, 0.1) is 0 Å². The fraction of sp³-hybridized carbons (Fsp3) is 0.800. The second-order valence-corrected chi connectivity index (χ2v) is 8.27.